The molecule has 0 spiro atoms. The van der Waals surface area contributed by atoms with Gasteiger partial charge in [-0.25, -0.2) is 0 Å². The molecule has 0 aliphatic heterocycles. The van der Waals surface area contributed by atoms with E-state index < -0.39 is 6.10 Å². The summed E-state index contributed by atoms with van der Waals surface area (Å²) in [7, 11) is 0. The lowest BCUT2D eigenvalue weighted by Gasteiger charge is -2.24. The SMILES string of the molecule is CCCCOCC(O)CNc1ccccc1C(C)(C)C. The van der Waals surface area contributed by atoms with E-state index in [1.807, 2.05) is 6.07 Å². The summed E-state index contributed by atoms with van der Waals surface area (Å²) in [6.45, 7) is 10.3. The maximum atomic E-state index is 9.92. The van der Waals surface area contributed by atoms with Crippen LogP contribution in [0.3, 0.4) is 0 Å². The molecule has 114 valence electrons. The van der Waals surface area contributed by atoms with Crippen LogP contribution in [-0.4, -0.2) is 31.0 Å². The first-order chi connectivity index (χ1) is 9.45. The van der Waals surface area contributed by atoms with Crippen LogP contribution < -0.4 is 5.32 Å². The first kappa shape index (κ1) is 17.0. The Morgan fingerprint density at radius 2 is 1.95 bits per heavy atom. The molecule has 1 atom stereocenters. The van der Waals surface area contributed by atoms with Crippen LogP contribution in [0.25, 0.3) is 0 Å². The van der Waals surface area contributed by atoms with Crippen LogP contribution in [-0.2, 0) is 10.2 Å². The van der Waals surface area contributed by atoms with Gasteiger partial charge in [0.15, 0.2) is 0 Å². The molecule has 0 amide bonds. The Morgan fingerprint density at radius 1 is 1.25 bits per heavy atom. The smallest absolute Gasteiger partial charge is 0.0945 e. The number of ether oxygens (including phenoxy) is 1. The van der Waals surface area contributed by atoms with Crippen molar-refractivity contribution in [2.24, 2.45) is 0 Å². The lowest BCUT2D eigenvalue weighted by Crippen LogP contribution is -2.26. The Labute approximate surface area is 123 Å². The number of nitrogens with one attached hydrogen (secondary N) is 1. The Morgan fingerprint density at radius 3 is 2.60 bits per heavy atom. The van der Waals surface area contributed by atoms with E-state index in [4.69, 9.17) is 4.74 Å². The van der Waals surface area contributed by atoms with E-state index in [1.165, 1.54) is 5.56 Å². The molecule has 0 saturated carbocycles. The van der Waals surface area contributed by atoms with Crippen LogP contribution in [0.15, 0.2) is 24.3 Å². The number of hydrogen-bond donors (Lipinski definition) is 2. The number of aliphatic hydroxyl groups excluding tert-OH is 1. The highest BCUT2D eigenvalue weighted by molar-refractivity contribution is 5.54. The minimum Gasteiger partial charge on any atom is -0.389 e. The van der Waals surface area contributed by atoms with Gasteiger partial charge in [-0.2, -0.15) is 0 Å². The molecule has 2 N–H and O–H groups in total. The molecule has 0 aromatic heterocycles. The van der Waals surface area contributed by atoms with Crippen LogP contribution in [0.5, 0.6) is 0 Å². The molecule has 20 heavy (non-hydrogen) atoms. The van der Waals surface area contributed by atoms with E-state index in [1.54, 1.807) is 0 Å². The van der Waals surface area contributed by atoms with Gasteiger partial charge < -0.3 is 15.2 Å². The predicted molar refractivity (Wildman–Crippen MR) is 85.4 cm³/mol. The summed E-state index contributed by atoms with van der Waals surface area (Å²) in [6.07, 6.45) is 1.69. The van der Waals surface area contributed by atoms with E-state index in [0.29, 0.717) is 13.2 Å². The fourth-order valence-corrected chi connectivity index (χ4v) is 2.04. The summed E-state index contributed by atoms with van der Waals surface area (Å²) in [5.41, 5.74) is 2.44. The fourth-order valence-electron chi connectivity index (χ4n) is 2.04. The molecule has 0 aliphatic carbocycles. The third-order valence-corrected chi connectivity index (χ3v) is 3.22. The Bertz CT molecular complexity index is 385. The summed E-state index contributed by atoms with van der Waals surface area (Å²) in [4.78, 5) is 0. The zero-order chi connectivity index (χ0) is 15.0. The third kappa shape index (κ3) is 5.93. The standard InChI is InChI=1S/C17H29NO2/c1-5-6-11-20-13-14(19)12-18-16-10-8-7-9-15(16)17(2,3)4/h7-10,14,18-19H,5-6,11-13H2,1-4H3. The van der Waals surface area contributed by atoms with Gasteiger partial charge in [-0.05, 0) is 23.5 Å². The van der Waals surface area contributed by atoms with Gasteiger partial charge in [0.1, 0.15) is 0 Å². The quantitative estimate of drug-likeness (QED) is 0.715. The molecule has 1 rings (SSSR count). The van der Waals surface area contributed by atoms with E-state index in [2.05, 4.69) is 51.2 Å². The topological polar surface area (TPSA) is 41.5 Å². The molecular formula is C17H29NO2. The van der Waals surface area contributed by atoms with Crippen molar-refractivity contribution in [1.82, 2.24) is 0 Å². The average Bonchev–Trinajstić information content (AvgIpc) is 2.40. The van der Waals surface area contributed by atoms with Crippen molar-refractivity contribution in [2.45, 2.75) is 52.1 Å². The summed E-state index contributed by atoms with van der Waals surface area (Å²) in [6, 6.07) is 8.26. The molecule has 0 heterocycles. The first-order valence-corrected chi connectivity index (χ1v) is 7.54. The summed E-state index contributed by atoms with van der Waals surface area (Å²) in [5.74, 6) is 0. The van der Waals surface area contributed by atoms with Gasteiger partial charge in [0.2, 0.25) is 0 Å². The maximum Gasteiger partial charge on any atom is 0.0945 e. The molecule has 0 bridgehead atoms. The number of benzene rings is 1. The van der Waals surface area contributed by atoms with Crippen LogP contribution in [0.4, 0.5) is 5.69 Å². The molecule has 1 aromatic carbocycles. The van der Waals surface area contributed by atoms with Gasteiger partial charge in [-0.1, -0.05) is 52.3 Å². The van der Waals surface area contributed by atoms with Crippen LogP contribution in [0.1, 0.15) is 46.1 Å². The van der Waals surface area contributed by atoms with Crippen molar-refractivity contribution in [3.8, 4) is 0 Å². The van der Waals surface area contributed by atoms with E-state index in [-0.39, 0.29) is 5.41 Å². The molecule has 0 saturated heterocycles. The summed E-state index contributed by atoms with van der Waals surface area (Å²) < 4.78 is 5.43. The van der Waals surface area contributed by atoms with Gasteiger partial charge >= 0.3 is 0 Å². The van der Waals surface area contributed by atoms with E-state index in [0.717, 1.165) is 25.1 Å². The number of anilines is 1. The lowest BCUT2D eigenvalue weighted by molar-refractivity contribution is 0.0421. The number of rotatable bonds is 8. The van der Waals surface area contributed by atoms with Gasteiger partial charge in [0, 0.05) is 18.8 Å². The van der Waals surface area contributed by atoms with Crippen molar-refractivity contribution < 1.29 is 9.84 Å². The Balaban J connectivity index is 2.45. The lowest BCUT2D eigenvalue weighted by atomic mass is 9.86. The van der Waals surface area contributed by atoms with Gasteiger partial charge in [-0.15, -0.1) is 0 Å². The van der Waals surface area contributed by atoms with Crippen molar-refractivity contribution >= 4 is 5.69 Å². The number of para-hydroxylation sites is 1. The minimum atomic E-state index is -0.472. The second-order valence-electron chi connectivity index (χ2n) is 6.26. The van der Waals surface area contributed by atoms with E-state index >= 15 is 0 Å². The predicted octanol–water partition coefficient (Wildman–Crippen LogP) is 3.57. The fraction of sp³-hybridized carbons (Fsp3) is 0.647. The minimum absolute atomic E-state index is 0.0895. The second kappa shape index (κ2) is 8.28. The molecule has 3 nitrogen and oxygen atoms in total. The monoisotopic (exact) mass is 279 g/mol. The Hall–Kier alpha value is -1.06. The second-order valence-corrected chi connectivity index (χ2v) is 6.26. The number of hydrogen-bond acceptors (Lipinski definition) is 3. The molecule has 1 unspecified atom stereocenters. The first-order valence-electron chi connectivity index (χ1n) is 7.54. The Kier molecular flexibility index (Phi) is 7.03. The molecule has 0 aliphatic rings. The largest absolute Gasteiger partial charge is 0.389 e. The van der Waals surface area contributed by atoms with Crippen molar-refractivity contribution in [3.63, 3.8) is 0 Å². The zero-order valence-corrected chi connectivity index (χ0v) is 13.3. The molecule has 0 fully saturated rings. The third-order valence-electron chi connectivity index (χ3n) is 3.22. The molecule has 0 radical (unpaired) electrons. The van der Waals surface area contributed by atoms with Gasteiger partial charge in [0.05, 0.1) is 12.7 Å². The highest BCUT2D eigenvalue weighted by Crippen LogP contribution is 2.29. The van der Waals surface area contributed by atoms with Gasteiger partial charge in [-0.3, -0.25) is 0 Å². The maximum absolute atomic E-state index is 9.92. The van der Waals surface area contributed by atoms with Crippen molar-refractivity contribution in [2.75, 3.05) is 25.1 Å². The summed E-state index contributed by atoms with van der Waals surface area (Å²) in [5, 5.41) is 13.2. The normalized spacial score (nSPS) is 13.2. The molecule has 3 heteroatoms. The average molecular weight is 279 g/mol. The number of unbranched alkanes of at least 4 members (excludes halogenated alkanes) is 1. The van der Waals surface area contributed by atoms with Crippen LogP contribution in [0, 0.1) is 0 Å². The summed E-state index contributed by atoms with van der Waals surface area (Å²) >= 11 is 0. The van der Waals surface area contributed by atoms with E-state index in [9.17, 15) is 5.11 Å². The molecular weight excluding hydrogens is 250 g/mol. The van der Waals surface area contributed by atoms with Crippen LogP contribution >= 0.6 is 0 Å². The van der Waals surface area contributed by atoms with Gasteiger partial charge in [0.25, 0.3) is 0 Å². The van der Waals surface area contributed by atoms with Crippen molar-refractivity contribution in [3.05, 3.63) is 29.8 Å². The molecule has 1 aromatic rings. The highest BCUT2D eigenvalue weighted by atomic mass is 16.5. The number of aliphatic hydroxyl groups is 1. The zero-order valence-electron chi connectivity index (χ0n) is 13.3. The van der Waals surface area contributed by atoms with Crippen LogP contribution in [0.2, 0.25) is 0 Å². The highest BCUT2D eigenvalue weighted by Gasteiger charge is 2.17. The van der Waals surface area contributed by atoms with Crippen molar-refractivity contribution in [1.29, 1.82) is 0 Å².